The first-order valence-electron chi connectivity index (χ1n) is 20.4. The zero-order chi connectivity index (χ0) is 40.7. The minimum Gasteiger partial charge on any atom is -0.455 e. The Hall–Kier alpha value is -7.62. The summed E-state index contributed by atoms with van der Waals surface area (Å²) in [6.07, 6.45) is 0.807. The number of benzene rings is 7. The largest absolute Gasteiger partial charge is 0.455 e. The number of fused-ring (bicyclic) bond motifs is 3. The van der Waals surface area contributed by atoms with E-state index in [1.54, 1.807) is 11.8 Å². The van der Waals surface area contributed by atoms with Gasteiger partial charge in [-0.2, -0.15) is 9.97 Å². The van der Waals surface area contributed by atoms with E-state index in [0.29, 0.717) is 23.4 Å². The molecule has 2 aliphatic rings. The zero-order valence-electron chi connectivity index (χ0n) is 33.1. The van der Waals surface area contributed by atoms with Crippen LogP contribution in [0.1, 0.15) is 13.3 Å². The Bertz CT molecular complexity index is 3020. The highest BCUT2D eigenvalue weighted by molar-refractivity contribution is 7.99. The zero-order valence-corrected chi connectivity index (χ0v) is 33.9. The van der Waals surface area contributed by atoms with Crippen LogP contribution in [-0.2, 0) is 0 Å². The van der Waals surface area contributed by atoms with E-state index in [9.17, 15) is 0 Å². The molecule has 0 spiro atoms. The standard InChI is InChI=1S/C52H37N7OS/c1-2-47-53-40-24-12-13-25-43(40)59(47)52-57-50(35-21-10-5-11-22-35)56-51(58-52)36-29-30-37(38-23-16-27-45-48(38)61-46-28-15-14-26-44(46)60-45)39(31-36)42-32-41(33-17-6-3-7-18-33)54-49(55-42)34-19-8-4-9-20-34/h3-32,47,53H,2H2,1H3. The summed E-state index contributed by atoms with van der Waals surface area (Å²) in [5.74, 6) is 4.02. The number of anilines is 3. The van der Waals surface area contributed by atoms with Crippen molar-refractivity contribution in [3.05, 3.63) is 182 Å². The van der Waals surface area contributed by atoms with Gasteiger partial charge in [-0.15, -0.1) is 0 Å². The van der Waals surface area contributed by atoms with Crippen LogP contribution < -0.4 is 15.0 Å². The van der Waals surface area contributed by atoms with Crippen molar-refractivity contribution in [1.82, 2.24) is 24.9 Å². The van der Waals surface area contributed by atoms with Gasteiger partial charge in [0.05, 0.1) is 32.6 Å². The molecule has 0 bridgehead atoms. The highest BCUT2D eigenvalue weighted by Crippen LogP contribution is 2.52. The van der Waals surface area contributed by atoms with E-state index in [1.807, 2.05) is 97.1 Å². The predicted molar refractivity (Wildman–Crippen MR) is 245 cm³/mol. The minimum atomic E-state index is -0.0304. The van der Waals surface area contributed by atoms with Crippen molar-refractivity contribution >= 4 is 29.1 Å². The fourth-order valence-corrected chi connectivity index (χ4v) is 9.09. The molecule has 0 fully saturated rings. The summed E-state index contributed by atoms with van der Waals surface area (Å²) in [7, 11) is 0. The lowest BCUT2D eigenvalue weighted by atomic mass is 9.94. The summed E-state index contributed by atoms with van der Waals surface area (Å²) in [6.45, 7) is 2.17. The van der Waals surface area contributed by atoms with Crippen molar-refractivity contribution < 1.29 is 4.74 Å². The molecule has 61 heavy (non-hydrogen) atoms. The fourth-order valence-electron chi connectivity index (χ4n) is 8.02. The van der Waals surface area contributed by atoms with E-state index in [4.69, 9.17) is 29.7 Å². The van der Waals surface area contributed by atoms with E-state index in [1.165, 1.54) is 0 Å². The van der Waals surface area contributed by atoms with Crippen molar-refractivity contribution in [2.75, 3.05) is 10.2 Å². The SMILES string of the molecule is CCC1Nc2ccccc2N1c1nc(-c2ccccc2)nc(-c2ccc(-c3cccc4c3Sc3ccccc3O4)c(-c3cc(-c4ccccc4)nc(-c4ccccc4)n3)c2)n1. The Morgan fingerprint density at radius 1 is 0.508 bits per heavy atom. The van der Waals surface area contributed by atoms with Crippen molar-refractivity contribution in [2.45, 2.75) is 29.3 Å². The van der Waals surface area contributed by atoms with Crippen LogP contribution in [0.3, 0.4) is 0 Å². The highest BCUT2D eigenvalue weighted by atomic mass is 32.2. The Balaban J connectivity index is 1.15. The van der Waals surface area contributed by atoms with E-state index in [0.717, 1.165) is 89.4 Å². The van der Waals surface area contributed by atoms with Crippen LogP contribution in [0.25, 0.3) is 67.8 Å². The summed E-state index contributed by atoms with van der Waals surface area (Å²) in [5, 5.41) is 3.68. The summed E-state index contributed by atoms with van der Waals surface area (Å²) < 4.78 is 6.51. The Morgan fingerprint density at radius 3 is 1.89 bits per heavy atom. The number of hydrogen-bond donors (Lipinski definition) is 1. The van der Waals surface area contributed by atoms with Gasteiger partial charge in [0.25, 0.3) is 0 Å². The second kappa shape index (κ2) is 15.5. The number of nitrogens with one attached hydrogen (secondary N) is 1. The molecular weight excluding hydrogens is 771 g/mol. The fraction of sp³-hybridized carbons (Fsp3) is 0.0577. The third-order valence-corrected chi connectivity index (χ3v) is 12.2. The average molecular weight is 808 g/mol. The highest BCUT2D eigenvalue weighted by Gasteiger charge is 2.32. The lowest BCUT2D eigenvalue weighted by Crippen LogP contribution is -2.32. The van der Waals surface area contributed by atoms with E-state index in [-0.39, 0.29) is 6.17 Å². The second-order valence-corrected chi connectivity index (χ2v) is 15.9. The van der Waals surface area contributed by atoms with Gasteiger partial charge in [0.2, 0.25) is 5.95 Å². The Labute approximate surface area is 358 Å². The van der Waals surface area contributed by atoms with Crippen molar-refractivity contribution in [3.8, 4) is 79.3 Å². The van der Waals surface area contributed by atoms with Gasteiger partial charge in [-0.25, -0.2) is 15.0 Å². The molecule has 9 aromatic rings. The van der Waals surface area contributed by atoms with Gasteiger partial charge in [0.1, 0.15) is 17.7 Å². The normalized spacial score (nSPS) is 13.7. The smallest absolute Gasteiger partial charge is 0.235 e. The van der Waals surface area contributed by atoms with Crippen LogP contribution in [0.4, 0.5) is 17.3 Å². The Kier molecular flexibility index (Phi) is 9.28. The van der Waals surface area contributed by atoms with Gasteiger partial charge in [-0.3, -0.25) is 4.90 Å². The molecule has 0 saturated carbocycles. The minimum absolute atomic E-state index is 0.0304. The van der Waals surface area contributed by atoms with Crippen molar-refractivity contribution in [2.24, 2.45) is 0 Å². The molecule has 1 N–H and O–H groups in total. The first-order chi connectivity index (χ1) is 30.2. The maximum Gasteiger partial charge on any atom is 0.235 e. The van der Waals surface area contributed by atoms with Crippen LogP contribution in [-0.4, -0.2) is 31.1 Å². The number of para-hydroxylation sites is 3. The maximum absolute atomic E-state index is 6.51. The van der Waals surface area contributed by atoms with Gasteiger partial charge in [0, 0.05) is 33.4 Å². The summed E-state index contributed by atoms with van der Waals surface area (Å²) >= 11 is 1.72. The van der Waals surface area contributed by atoms with Gasteiger partial charge in [-0.1, -0.05) is 158 Å². The van der Waals surface area contributed by atoms with E-state index >= 15 is 0 Å². The van der Waals surface area contributed by atoms with Crippen molar-refractivity contribution in [1.29, 1.82) is 0 Å². The molecule has 2 aromatic heterocycles. The number of aromatic nitrogens is 5. The monoisotopic (exact) mass is 807 g/mol. The number of ether oxygens (including phenoxy) is 1. The second-order valence-electron chi connectivity index (χ2n) is 14.8. The first-order valence-corrected chi connectivity index (χ1v) is 21.2. The summed E-state index contributed by atoms with van der Waals surface area (Å²) in [4.78, 5) is 30.4. The number of hydrogen-bond acceptors (Lipinski definition) is 9. The summed E-state index contributed by atoms with van der Waals surface area (Å²) in [5.41, 5.74) is 10.3. The van der Waals surface area contributed by atoms with Gasteiger partial charge in [-0.05, 0) is 54.4 Å². The quantitative estimate of drug-likeness (QED) is 0.161. The number of nitrogens with zero attached hydrogens (tertiary/aromatic N) is 6. The van der Waals surface area contributed by atoms with Crippen LogP contribution in [0.15, 0.2) is 192 Å². The summed E-state index contributed by atoms with van der Waals surface area (Å²) in [6, 6.07) is 61.8. The molecule has 1 atom stereocenters. The topological polar surface area (TPSA) is 89.0 Å². The predicted octanol–water partition coefficient (Wildman–Crippen LogP) is 13.2. The van der Waals surface area contributed by atoms with Gasteiger partial charge >= 0.3 is 0 Å². The molecular formula is C52H37N7OS. The molecule has 0 radical (unpaired) electrons. The molecule has 4 heterocycles. The lowest BCUT2D eigenvalue weighted by molar-refractivity contribution is 0.455. The number of rotatable bonds is 8. The maximum atomic E-state index is 6.51. The molecule has 2 aliphatic heterocycles. The molecule has 9 heteroatoms. The van der Waals surface area contributed by atoms with E-state index < -0.39 is 0 Å². The molecule has 0 amide bonds. The Morgan fingerprint density at radius 2 is 1.13 bits per heavy atom. The molecule has 7 aromatic carbocycles. The van der Waals surface area contributed by atoms with Crippen LogP contribution >= 0.6 is 11.8 Å². The van der Waals surface area contributed by atoms with Gasteiger partial charge in [0.15, 0.2) is 17.5 Å². The third kappa shape index (κ3) is 6.84. The van der Waals surface area contributed by atoms with Crippen LogP contribution in [0.5, 0.6) is 11.5 Å². The molecule has 0 saturated heterocycles. The van der Waals surface area contributed by atoms with Gasteiger partial charge < -0.3 is 10.1 Å². The lowest BCUT2D eigenvalue weighted by Gasteiger charge is -2.25. The van der Waals surface area contributed by atoms with Crippen LogP contribution in [0.2, 0.25) is 0 Å². The van der Waals surface area contributed by atoms with E-state index in [2.05, 4.69) is 102 Å². The molecule has 0 aliphatic carbocycles. The third-order valence-electron chi connectivity index (χ3n) is 11.0. The molecule has 11 rings (SSSR count). The first kappa shape index (κ1) is 36.5. The average Bonchev–Trinajstić information content (AvgIpc) is 3.72. The van der Waals surface area contributed by atoms with Crippen molar-refractivity contribution in [3.63, 3.8) is 0 Å². The molecule has 8 nitrogen and oxygen atoms in total. The van der Waals surface area contributed by atoms with Crippen LogP contribution in [0, 0.1) is 0 Å². The molecule has 292 valence electrons. The molecule has 1 unspecified atom stereocenters.